The maximum absolute atomic E-state index is 14.8. The molecule has 47 heavy (non-hydrogen) atoms. The average Bonchev–Trinajstić information content (AvgIpc) is 3.04. The normalized spacial score (nSPS) is 11.1. The predicted molar refractivity (Wildman–Crippen MR) is 177 cm³/mol. The summed E-state index contributed by atoms with van der Waals surface area (Å²) in [6.45, 7) is 3.82. The van der Waals surface area contributed by atoms with Crippen LogP contribution in [0.25, 0.3) is 10.9 Å². The number of aromatic nitrogens is 1. The van der Waals surface area contributed by atoms with E-state index in [-0.39, 0.29) is 42.1 Å². The summed E-state index contributed by atoms with van der Waals surface area (Å²) in [4.78, 5) is 40.9. The second kappa shape index (κ2) is 14.8. The van der Waals surface area contributed by atoms with Crippen LogP contribution in [0.5, 0.6) is 11.5 Å². The van der Waals surface area contributed by atoms with Crippen molar-refractivity contribution < 1.29 is 27.8 Å². The number of fused-ring (bicyclic) bond motifs is 1. The molecule has 0 aliphatic carbocycles. The van der Waals surface area contributed by atoms with Gasteiger partial charge in [-0.15, -0.1) is 0 Å². The van der Waals surface area contributed by atoms with E-state index in [2.05, 4.69) is 5.32 Å². The summed E-state index contributed by atoms with van der Waals surface area (Å²) in [6.07, 6.45) is 1.84. The van der Waals surface area contributed by atoms with E-state index >= 15 is 0 Å². The fourth-order valence-electron chi connectivity index (χ4n) is 5.34. The molecule has 5 aromatic rings. The van der Waals surface area contributed by atoms with Crippen molar-refractivity contribution in [1.82, 2.24) is 9.47 Å². The molecule has 1 aromatic heterocycles. The van der Waals surface area contributed by atoms with Crippen molar-refractivity contribution in [2.45, 2.75) is 39.9 Å². The van der Waals surface area contributed by atoms with Crippen LogP contribution in [0.3, 0.4) is 0 Å². The third-order valence-electron chi connectivity index (χ3n) is 7.49. The number of carbonyl (C=O) groups excluding carboxylic acids is 2. The smallest absolute Gasteiger partial charge is 0.343 e. The van der Waals surface area contributed by atoms with E-state index in [4.69, 9.17) is 9.47 Å². The van der Waals surface area contributed by atoms with E-state index in [1.54, 1.807) is 36.4 Å². The third kappa shape index (κ3) is 7.90. The number of carbonyl (C=O) groups is 2. The SMILES string of the molecule is CCCOC(=O)c1cn(Cc2c(F)cccc2F)c2ccc(Oc3ccc(NC(C)=O)cc3)c(CN(C)Cc3ccccc3)c2c1=O. The van der Waals surface area contributed by atoms with Gasteiger partial charge in [-0.1, -0.05) is 43.3 Å². The largest absolute Gasteiger partial charge is 0.462 e. The van der Waals surface area contributed by atoms with Gasteiger partial charge >= 0.3 is 5.97 Å². The van der Waals surface area contributed by atoms with Crippen LogP contribution in [0.1, 0.15) is 47.3 Å². The lowest BCUT2D eigenvalue weighted by Gasteiger charge is -2.22. The molecule has 1 heterocycles. The zero-order chi connectivity index (χ0) is 33.5. The summed E-state index contributed by atoms with van der Waals surface area (Å²) in [6, 6.07) is 23.5. The molecule has 0 saturated heterocycles. The lowest BCUT2D eigenvalue weighted by atomic mass is 10.0. The molecule has 0 bridgehead atoms. The molecule has 0 fully saturated rings. The van der Waals surface area contributed by atoms with Crippen molar-refractivity contribution in [2.75, 3.05) is 19.0 Å². The van der Waals surface area contributed by atoms with Gasteiger partial charge < -0.3 is 19.4 Å². The number of pyridine rings is 1. The van der Waals surface area contributed by atoms with Crippen molar-refractivity contribution in [2.24, 2.45) is 0 Å². The van der Waals surface area contributed by atoms with Crippen LogP contribution in [0.15, 0.2) is 95.9 Å². The average molecular weight is 640 g/mol. The lowest BCUT2D eigenvalue weighted by molar-refractivity contribution is -0.114. The first-order valence-electron chi connectivity index (χ1n) is 15.2. The first-order chi connectivity index (χ1) is 22.6. The zero-order valence-corrected chi connectivity index (χ0v) is 26.4. The number of benzene rings is 4. The number of nitrogens with zero attached hydrogens (tertiary/aromatic N) is 2. The number of hydrogen-bond donors (Lipinski definition) is 1. The molecule has 1 N–H and O–H groups in total. The number of anilines is 1. The number of halogens is 2. The van der Waals surface area contributed by atoms with Gasteiger partial charge in [-0.25, -0.2) is 13.6 Å². The van der Waals surface area contributed by atoms with Crippen molar-refractivity contribution in [3.8, 4) is 11.5 Å². The Kier molecular flexibility index (Phi) is 10.4. The summed E-state index contributed by atoms with van der Waals surface area (Å²) in [7, 11) is 1.89. The van der Waals surface area contributed by atoms with Gasteiger partial charge in [0, 0.05) is 43.0 Å². The molecule has 0 radical (unpaired) electrons. The second-order valence-electron chi connectivity index (χ2n) is 11.2. The van der Waals surface area contributed by atoms with Crippen molar-refractivity contribution >= 4 is 28.5 Å². The van der Waals surface area contributed by atoms with Crippen molar-refractivity contribution in [3.63, 3.8) is 0 Å². The first-order valence-corrected chi connectivity index (χ1v) is 15.2. The molecular weight excluding hydrogens is 604 g/mol. The van der Waals surface area contributed by atoms with Gasteiger partial charge in [0.05, 0.1) is 24.1 Å². The Morgan fingerprint density at radius 2 is 1.57 bits per heavy atom. The van der Waals surface area contributed by atoms with E-state index < -0.39 is 23.0 Å². The monoisotopic (exact) mass is 639 g/mol. The van der Waals surface area contributed by atoms with Gasteiger partial charge in [0.15, 0.2) is 0 Å². The maximum Gasteiger partial charge on any atom is 0.343 e. The molecule has 1 amide bonds. The predicted octanol–water partition coefficient (Wildman–Crippen LogP) is 7.28. The Bertz CT molecular complexity index is 1940. The second-order valence-corrected chi connectivity index (χ2v) is 11.2. The number of nitrogens with one attached hydrogen (secondary N) is 1. The standard InChI is InChI=1S/C37H35F2N3O5/c1-4-19-46-37(45)30-23-42(22-28-31(38)11-8-12-32(28)39)33-17-18-34(47-27-15-13-26(14-16-27)40-24(2)43)29(35(33)36(30)44)21-41(3)20-25-9-6-5-7-10-25/h5-18,23H,4,19-22H2,1-3H3,(H,40,43). The summed E-state index contributed by atoms with van der Waals surface area (Å²) < 4.78 is 42.9. The quantitative estimate of drug-likeness (QED) is 0.144. The van der Waals surface area contributed by atoms with Crippen LogP contribution in [0.4, 0.5) is 14.5 Å². The molecule has 5 rings (SSSR count). The van der Waals surface area contributed by atoms with Crippen LogP contribution in [-0.4, -0.2) is 35.0 Å². The Balaban J connectivity index is 1.69. The van der Waals surface area contributed by atoms with Crippen molar-refractivity contribution in [3.05, 3.63) is 135 Å². The summed E-state index contributed by atoms with van der Waals surface area (Å²) in [5.74, 6) is -1.75. The molecular formula is C37H35F2N3O5. The van der Waals surface area contributed by atoms with E-state index in [1.807, 2.05) is 49.2 Å². The highest BCUT2D eigenvalue weighted by atomic mass is 19.1. The lowest BCUT2D eigenvalue weighted by Crippen LogP contribution is -2.25. The number of esters is 1. The number of amides is 1. The molecule has 4 aromatic carbocycles. The van der Waals surface area contributed by atoms with E-state index in [9.17, 15) is 23.2 Å². The fraction of sp³-hybridized carbons (Fsp3) is 0.216. The van der Waals surface area contributed by atoms with Crippen LogP contribution in [0.2, 0.25) is 0 Å². The van der Waals surface area contributed by atoms with Crippen LogP contribution < -0.4 is 15.5 Å². The molecule has 0 spiro atoms. The highest BCUT2D eigenvalue weighted by Crippen LogP contribution is 2.33. The number of rotatable bonds is 12. The van der Waals surface area contributed by atoms with E-state index in [0.717, 1.165) is 17.7 Å². The fourth-order valence-corrected chi connectivity index (χ4v) is 5.34. The van der Waals surface area contributed by atoms with Gasteiger partial charge in [-0.2, -0.15) is 0 Å². The Morgan fingerprint density at radius 3 is 2.23 bits per heavy atom. The van der Waals surface area contributed by atoms with Crippen LogP contribution >= 0.6 is 0 Å². The van der Waals surface area contributed by atoms with Gasteiger partial charge in [0.25, 0.3) is 0 Å². The summed E-state index contributed by atoms with van der Waals surface area (Å²) in [5.41, 5.74) is 1.41. The minimum atomic E-state index is -0.829. The Morgan fingerprint density at radius 1 is 0.872 bits per heavy atom. The third-order valence-corrected chi connectivity index (χ3v) is 7.49. The van der Waals surface area contributed by atoms with Gasteiger partial charge in [0.1, 0.15) is 28.7 Å². The molecule has 0 unspecified atom stereocenters. The topological polar surface area (TPSA) is 89.9 Å². The minimum Gasteiger partial charge on any atom is -0.462 e. The highest BCUT2D eigenvalue weighted by Gasteiger charge is 2.23. The van der Waals surface area contributed by atoms with Gasteiger partial charge in [-0.3, -0.25) is 14.5 Å². The highest BCUT2D eigenvalue weighted by molar-refractivity contribution is 5.95. The van der Waals surface area contributed by atoms with Crippen molar-refractivity contribution in [1.29, 1.82) is 0 Å². The summed E-state index contributed by atoms with van der Waals surface area (Å²) >= 11 is 0. The van der Waals surface area contributed by atoms with Crippen LogP contribution in [0, 0.1) is 11.6 Å². The van der Waals surface area contributed by atoms with Crippen LogP contribution in [-0.2, 0) is 29.2 Å². The maximum atomic E-state index is 14.8. The molecule has 0 aliphatic heterocycles. The van der Waals surface area contributed by atoms with E-state index in [0.29, 0.717) is 41.2 Å². The molecule has 242 valence electrons. The Hall–Kier alpha value is -5.35. The molecule has 0 atom stereocenters. The first kappa shape index (κ1) is 33.0. The number of ether oxygens (including phenoxy) is 2. The molecule has 10 heteroatoms. The molecule has 0 aliphatic rings. The molecule has 0 saturated carbocycles. The summed E-state index contributed by atoms with van der Waals surface area (Å²) in [5, 5.41) is 2.88. The van der Waals surface area contributed by atoms with Gasteiger partial charge in [0.2, 0.25) is 11.3 Å². The zero-order valence-electron chi connectivity index (χ0n) is 26.4. The molecule has 8 nitrogen and oxygen atoms in total. The number of hydrogen-bond acceptors (Lipinski definition) is 6. The van der Waals surface area contributed by atoms with E-state index in [1.165, 1.54) is 23.8 Å². The Labute approximate surface area is 271 Å². The van der Waals surface area contributed by atoms with Gasteiger partial charge in [-0.05, 0) is 67.6 Å². The minimum absolute atomic E-state index is 0.0998.